The summed E-state index contributed by atoms with van der Waals surface area (Å²) in [5.41, 5.74) is 0.790. The first-order valence-electron chi connectivity index (χ1n) is 6.50. The fraction of sp³-hybridized carbons (Fsp3) is 0.429. The SMILES string of the molecule is CC1NC(SCC(=O)O)NC(=O)C1Cc1ccccc1. The molecule has 1 aromatic carbocycles. The Bertz CT molecular complexity index is 481. The van der Waals surface area contributed by atoms with E-state index in [9.17, 15) is 9.59 Å². The van der Waals surface area contributed by atoms with E-state index in [4.69, 9.17) is 5.11 Å². The third kappa shape index (κ3) is 3.98. The summed E-state index contributed by atoms with van der Waals surface area (Å²) in [6.45, 7) is 1.96. The molecule has 0 radical (unpaired) electrons. The maximum absolute atomic E-state index is 12.2. The second kappa shape index (κ2) is 6.76. The van der Waals surface area contributed by atoms with Crippen LogP contribution in [0.2, 0.25) is 0 Å². The summed E-state index contributed by atoms with van der Waals surface area (Å²) in [6.07, 6.45) is 0.678. The van der Waals surface area contributed by atoms with E-state index in [2.05, 4.69) is 10.6 Å². The molecule has 0 spiro atoms. The molecule has 2 rings (SSSR count). The molecule has 5 nitrogen and oxygen atoms in total. The van der Waals surface area contributed by atoms with Crippen molar-refractivity contribution in [2.45, 2.75) is 24.9 Å². The maximum Gasteiger partial charge on any atom is 0.313 e. The normalized spacial score (nSPS) is 26.1. The van der Waals surface area contributed by atoms with Crippen LogP contribution in [0.3, 0.4) is 0 Å². The Balaban J connectivity index is 1.93. The molecule has 6 heteroatoms. The highest BCUT2D eigenvalue weighted by atomic mass is 32.2. The quantitative estimate of drug-likeness (QED) is 0.757. The summed E-state index contributed by atoms with van der Waals surface area (Å²) in [4.78, 5) is 22.7. The van der Waals surface area contributed by atoms with Gasteiger partial charge in [0, 0.05) is 6.04 Å². The zero-order valence-corrected chi connectivity index (χ0v) is 12.0. The second-order valence-electron chi connectivity index (χ2n) is 4.84. The molecule has 1 aliphatic heterocycles. The predicted molar refractivity (Wildman–Crippen MR) is 78.3 cm³/mol. The van der Waals surface area contributed by atoms with Crippen molar-refractivity contribution in [3.05, 3.63) is 35.9 Å². The Morgan fingerprint density at radius 2 is 2.05 bits per heavy atom. The fourth-order valence-corrected chi connectivity index (χ4v) is 3.06. The van der Waals surface area contributed by atoms with Crippen molar-refractivity contribution in [1.29, 1.82) is 0 Å². The lowest BCUT2D eigenvalue weighted by Gasteiger charge is -2.35. The molecule has 1 fully saturated rings. The minimum absolute atomic E-state index is 0.00949. The lowest BCUT2D eigenvalue weighted by Crippen LogP contribution is -2.59. The summed E-state index contributed by atoms with van der Waals surface area (Å²) in [6, 6.07) is 9.89. The average molecular weight is 294 g/mol. The molecule has 0 bridgehead atoms. The van der Waals surface area contributed by atoms with Crippen molar-refractivity contribution in [3.8, 4) is 0 Å². The summed E-state index contributed by atoms with van der Waals surface area (Å²) in [5.74, 6) is -1.08. The van der Waals surface area contributed by atoms with Crippen LogP contribution in [-0.2, 0) is 16.0 Å². The standard InChI is InChI=1S/C14H18N2O3S/c1-9-11(7-10-5-3-2-4-6-10)13(19)16-14(15-9)20-8-12(17)18/h2-6,9,11,14-15H,7-8H2,1H3,(H,16,19)(H,17,18). The molecule has 3 unspecified atom stereocenters. The molecular formula is C14H18N2O3S. The van der Waals surface area contributed by atoms with Gasteiger partial charge in [0.2, 0.25) is 5.91 Å². The molecular weight excluding hydrogens is 276 g/mol. The zero-order chi connectivity index (χ0) is 14.5. The van der Waals surface area contributed by atoms with Crippen molar-refractivity contribution in [3.63, 3.8) is 0 Å². The third-order valence-corrected chi connectivity index (χ3v) is 4.30. The molecule has 0 saturated carbocycles. The van der Waals surface area contributed by atoms with Crippen molar-refractivity contribution in [2.24, 2.45) is 5.92 Å². The van der Waals surface area contributed by atoms with Crippen LogP contribution in [-0.4, -0.2) is 34.3 Å². The third-order valence-electron chi connectivity index (χ3n) is 3.30. The molecule has 1 aromatic rings. The van der Waals surface area contributed by atoms with Crippen molar-refractivity contribution >= 4 is 23.6 Å². The number of rotatable bonds is 5. The molecule has 0 aromatic heterocycles. The number of carbonyl (C=O) groups is 2. The van der Waals surface area contributed by atoms with Gasteiger partial charge in [-0.05, 0) is 18.9 Å². The molecule has 20 heavy (non-hydrogen) atoms. The predicted octanol–water partition coefficient (Wildman–Crippen LogP) is 1.05. The smallest absolute Gasteiger partial charge is 0.313 e. The van der Waals surface area contributed by atoms with Crippen molar-refractivity contribution < 1.29 is 14.7 Å². The van der Waals surface area contributed by atoms with Gasteiger partial charge in [0.25, 0.3) is 0 Å². The number of amides is 1. The van der Waals surface area contributed by atoms with Gasteiger partial charge in [-0.25, -0.2) is 0 Å². The molecule has 3 atom stereocenters. The highest BCUT2D eigenvalue weighted by molar-refractivity contribution is 8.00. The highest BCUT2D eigenvalue weighted by Gasteiger charge is 2.33. The zero-order valence-electron chi connectivity index (χ0n) is 11.2. The monoisotopic (exact) mass is 294 g/mol. The summed E-state index contributed by atoms with van der Waals surface area (Å²) < 4.78 is 0. The van der Waals surface area contributed by atoms with E-state index in [1.807, 2.05) is 37.3 Å². The first-order chi connectivity index (χ1) is 9.56. The van der Waals surface area contributed by atoms with Crippen LogP contribution < -0.4 is 10.6 Å². The van der Waals surface area contributed by atoms with Gasteiger partial charge in [0.1, 0.15) is 5.50 Å². The van der Waals surface area contributed by atoms with Gasteiger partial charge in [-0.15, -0.1) is 11.8 Å². The van der Waals surface area contributed by atoms with Gasteiger partial charge < -0.3 is 10.4 Å². The van der Waals surface area contributed by atoms with Crippen LogP contribution >= 0.6 is 11.8 Å². The molecule has 1 aliphatic rings. The first-order valence-corrected chi connectivity index (χ1v) is 7.55. The topological polar surface area (TPSA) is 78.4 Å². The van der Waals surface area contributed by atoms with Crippen LogP contribution in [0.4, 0.5) is 0 Å². The van der Waals surface area contributed by atoms with Gasteiger partial charge in [0.05, 0.1) is 11.7 Å². The number of thioether (sulfide) groups is 1. The Morgan fingerprint density at radius 3 is 2.65 bits per heavy atom. The van der Waals surface area contributed by atoms with Crippen LogP contribution in [0.25, 0.3) is 0 Å². The van der Waals surface area contributed by atoms with Crippen molar-refractivity contribution in [1.82, 2.24) is 10.6 Å². The number of carboxylic acid groups (broad SMARTS) is 1. The minimum Gasteiger partial charge on any atom is -0.481 e. The number of benzene rings is 1. The van der Waals surface area contributed by atoms with E-state index < -0.39 is 5.97 Å². The van der Waals surface area contributed by atoms with Gasteiger partial charge in [-0.3, -0.25) is 14.9 Å². The summed E-state index contributed by atoms with van der Waals surface area (Å²) in [5, 5.41) is 14.7. The first kappa shape index (κ1) is 14.9. The van der Waals surface area contributed by atoms with E-state index in [-0.39, 0.29) is 29.1 Å². The number of aliphatic carboxylic acids is 1. The van der Waals surface area contributed by atoms with E-state index >= 15 is 0 Å². The average Bonchev–Trinajstić information content (AvgIpc) is 2.42. The minimum atomic E-state index is -0.884. The van der Waals surface area contributed by atoms with E-state index in [0.717, 1.165) is 5.56 Å². The second-order valence-corrected chi connectivity index (χ2v) is 5.94. The van der Waals surface area contributed by atoms with E-state index in [1.165, 1.54) is 11.8 Å². The largest absolute Gasteiger partial charge is 0.481 e. The van der Waals surface area contributed by atoms with Crippen LogP contribution in [0, 0.1) is 5.92 Å². The van der Waals surface area contributed by atoms with Gasteiger partial charge >= 0.3 is 5.97 Å². The molecule has 1 heterocycles. The van der Waals surface area contributed by atoms with Crippen LogP contribution in [0.1, 0.15) is 12.5 Å². The maximum atomic E-state index is 12.2. The molecule has 108 valence electrons. The van der Waals surface area contributed by atoms with Gasteiger partial charge in [-0.1, -0.05) is 30.3 Å². The van der Waals surface area contributed by atoms with Gasteiger partial charge in [0.15, 0.2) is 0 Å². The summed E-state index contributed by atoms with van der Waals surface area (Å²) >= 11 is 1.18. The Kier molecular flexibility index (Phi) is 5.03. The molecule has 1 amide bonds. The summed E-state index contributed by atoms with van der Waals surface area (Å²) in [7, 11) is 0. The molecule has 0 aliphatic carbocycles. The highest BCUT2D eigenvalue weighted by Crippen LogP contribution is 2.20. The lowest BCUT2D eigenvalue weighted by molar-refractivity contribution is -0.134. The van der Waals surface area contributed by atoms with Crippen LogP contribution in [0.15, 0.2) is 30.3 Å². The molecule has 3 N–H and O–H groups in total. The van der Waals surface area contributed by atoms with Crippen molar-refractivity contribution in [2.75, 3.05) is 5.75 Å². The Hall–Kier alpha value is -1.53. The van der Waals surface area contributed by atoms with Crippen LogP contribution in [0.5, 0.6) is 0 Å². The van der Waals surface area contributed by atoms with E-state index in [0.29, 0.717) is 6.42 Å². The number of hydrogen-bond donors (Lipinski definition) is 3. The number of nitrogens with one attached hydrogen (secondary N) is 2. The molecule has 1 saturated heterocycles. The number of carbonyl (C=O) groups excluding carboxylic acids is 1. The number of carboxylic acids is 1. The number of hydrogen-bond acceptors (Lipinski definition) is 4. The Morgan fingerprint density at radius 1 is 1.35 bits per heavy atom. The fourth-order valence-electron chi connectivity index (χ4n) is 2.24. The van der Waals surface area contributed by atoms with E-state index in [1.54, 1.807) is 0 Å². The lowest BCUT2D eigenvalue weighted by atomic mass is 9.91. The Labute approximate surface area is 122 Å². The van der Waals surface area contributed by atoms with Gasteiger partial charge in [-0.2, -0.15) is 0 Å².